The molecule has 0 saturated heterocycles. The number of halogens is 2. The number of carboxylic acids is 1. The number of hydrogen-bond acceptors (Lipinski definition) is 6. The maximum absolute atomic E-state index is 14.3. The third kappa shape index (κ3) is 7.74. The summed E-state index contributed by atoms with van der Waals surface area (Å²) in [6.45, 7) is 3.65. The van der Waals surface area contributed by atoms with Gasteiger partial charge in [-0.2, -0.15) is 0 Å². The van der Waals surface area contributed by atoms with Crippen molar-refractivity contribution in [2.45, 2.75) is 44.9 Å². The number of esters is 1. The van der Waals surface area contributed by atoms with Gasteiger partial charge in [-0.05, 0) is 67.4 Å². The number of rotatable bonds is 12. The highest BCUT2D eigenvalue weighted by molar-refractivity contribution is 6.13. The van der Waals surface area contributed by atoms with Gasteiger partial charge in [0, 0.05) is 29.3 Å². The topological polar surface area (TPSA) is 138 Å². The molecule has 4 aromatic rings. The molecule has 0 aliphatic heterocycles. The molecule has 0 spiro atoms. The second kappa shape index (κ2) is 14.8. The number of methoxy groups -OCH3 is 1. The van der Waals surface area contributed by atoms with Gasteiger partial charge in [-0.25, -0.2) is 13.6 Å². The minimum absolute atomic E-state index is 0.117. The lowest BCUT2D eigenvalue weighted by Crippen LogP contribution is -2.21. The third-order valence-corrected chi connectivity index (χ3v) is 7.22. The highest BCUT2D eigenvalue weighted by Gasteiger charge is 2.30. The average Bonchev–Trinajstić information content (AvgIpc) is 3.35. The lowest BCUT2D eigenvalue weighted by molar-refractivity contribution is -0.139. The Balaban J connectivity index is 2.00. The van der Waals surface area contributed by atoms with E-state index in [4.69, 9.17) is 9.84 Å². The number of carbonyl (C=O) groups is 3. The van der Waals surface area contributed by atoms with Crippen LogP contribution in [0.4, 0.5) is 14.5 Å². The number of benzene rings is 3. The van der Waals surface area contributed by atoms with Crippen LogP contribution in [0.3, 0.4) is 0 Å². The SMILES string of the molecule is COC(=O)c1ccccc1NC(=O)c1c(-c2ccc(F)cc2)c(-c2ccc(F)cc2)c(/C=C/[C@H](O)C[C@H](O)CC(=O)O)n1C(C)C. The van der Waals surface area contributed by atoms with Gasteiger partial charge in [-0.3, -0.25) is 9.59 Å². The first-order chi connectivity index (χ1) is 21.9. The van der Waals surface area contributed by atoms with E-state index < -0.39 is 48.1 Å². The van der Waals surface area contributed by atoms with Crippen molar-refractivity contribution in [1.29, 1.82) is 0 Å². The lowest BCUT2D eigenvalue weighted by atomic mass is 9.94. The van der Waals surface area contributed by atoms with Gasteiger partial charge in [0.15, 0.2) is 0 Å². The van der Waals surface area contributed by atoms with Crippen molar-refractivity contribution in [2.75, 3.05) is 12.4 Å². The molecule has 0 aliphatic rings. The van der Waals surface area contributed by atoms with Crippen LogP contribution in [-0.4, -0.2) is 57.1 Å². The fourth-order valence-electron chi connectivity index (χ4n) is 5.24. The maximum Gasteiger partial charge on any atom is 0.339 e. The molecule has 0 radical (unpaired) electrons. The molecule has 0 unspecified atom stereocenters. The molecule has 2 atom stereocenters. The van der Waals surface area contributed by atoms with Crippen LogP contribution in [0.25, 0.3) is 28.3 Å². The summed E-state index contributed by atoms with van der Waals surface area (Å²) >= 11 is 0. The molecule has 1 aromatic heterocycles. The summed E-state index contributed by atoms with van der Waals surface area (Å²) < 4.78 is 34.8. The van der Waals surface area contributed by atoms with E-state index in [0.717, 1.165) is 0 Å². The zero-order chi connectivity index (χ0) is 33.5. The summed E-state index contributed by atoms with van der Waals surface area (Å²) in [5.74, 6) is -3.50. The Morgan fingerprint density at radius 3 is 2.00 bits per heavy atom. The smallest absolute Gasteiger partial charge is 0.339 e. The van der Waals surface area contributed by atoms with Crippen LogP contribution in [0.2, 0.25) is 0 Å². The normalized spacial score (nSPS) is 12.7. The molecule has 4 N–H and O–H groups in total. The summed E-state index contributed by atoms with van der Waals surface area (Å²) in [6, 6.07) is 17.0. The molecule has 11 heteroatoms. The molecule has 240 valence electrons. The van der Waals surface area contributed by atoms with Gasteiger partial charge in [-0.15, -0.1) is 0 Å². The number of aliphatic carboxylic acids is 1. The molecule has 1 heterocycles. The number of aliphatic hydroxyl groups is 2. The fourth-order valence-corrected chi connectivity index (χ4v) is 5.24. The summed E-state index contributed by atoms with van der Waals surface area (Å²) in [5, 5.41) is 32.6. The van der Waals surface area contributed by atoms with Crippen LogP contribution in [0.15, 0.2) is 78.9 Å². The highest BCUT2D eigenvalue weighted by Crippen LogP contribution is 2.43. The van der Waals surface area contributed by atoms with E-state index in [0.29, 0.717) is 27.9 Å². The Hall–Kier alpha value is -5.13. The van der Waals surface area contributed by atoms with Crippen molar-refractivity contribution >= 4 is 29.6 Å². The van der Waals surface area contributed by atoms with Crippen molar-refractivity contribution in [3.05, 3.63) is 107 Å². The Bertz CT molecular complexity index is 1750. The summed E-state index contributed by atoms with van der Waals surface area (Å²) in [7, 11) is 1.22. The number of para-hydroxylation sites is 1. The number of nitrogens with zero attached hydrogens (tertiary/aromatic N) is 1. The monoisotopic (exact) mass is 632 g/mol. The minimum atomic E-state index is -1.31. The number of ether oxygens (including phenoxy) is 1. The average molecular weight is 633 g/mol. The quantitative estimate of drug-likeness (QED) is 0.134. The summed E-state index contributed by atoms with van der Waals surface area (Å²) in [6.07, 6.45) is -0.474. The Morgan fingerprint density at radius 1 is 0.891 bits per heavy atom. The number of aromatic nitrogens is 1. The summed E-state index contributed by atoms with van der Waals surface area (Å²) in [4.78, 5) is 37.8. The van der Waals surface area contributed by atoms with Gasteiger partial charge in [0.05, 0.1) is 37.0 Å². The third-order valence-electron chi connectivity index (χ3n) is 7.22. The van der Waals surface area contributed by atoms with E-state index in [2.05, 4.69) is 5.32 Å². The van der Waals surface area contributed by atoms with Gasteiger partial charge in [0.2, 0.25) is 0 Å². The first kappa shape index (κ1) is 33.8. The van der Waals surface area contributed by atoms with Crippen LogP contribution < -0.4 is 5.32 Å². The van der Waals surface area contributed by atoms with E-state index >= 15 is 0 Å². The lowest BCUT2D eigenvalue weighted by Gasteiger charge is -2.18. The standard InChI is InChI=1S/C35H34F2N2O7/c1-20(2)39-29(17-16-25(40)18-26(41)19-30(42)43)31(21-8-12-23(36)13-9-21)32(22-10-14-24(37)15-11-22)33(39)34(44)38-28-7-5-4-6-27(28)35(45)46-3/h4-17,20,25-26,40-41H,18-19H2,1-3H3,(H,38,44)(H,42,43)/b17-16+/t25-,26-/m0/s1. The number of anilines is 1. The van der Waals surface area contributed by atoms with E-state index in [-0.39, 0.29) is 29.4 Å². The van der Waals surface area contributed by atoms with Crippen molar-refractivity contribution in [1.82, 2.24) is 4.57 Å². The minimum Gasteiger partial charge on any atom is -0.481 e. The highest BCUT2D eigenvalue weighted by atomic mass is 19.1. The Morgan fingerprint density at radius 2 is 1.46 bits per heavy atom. The van der Waals surface area contributed by atoms with Crippen LogP contribution in [0.5, 0.6) is 0 Å². The van der Waals surface area contributed by atoms with Crippen molar-refractivity contribution in [2.24, 2.45) is 0 Å². The zero-order valence-corrected chi connectivity index (χ0v) is 25.4. The Kier molecular flexibility index (Phi) is 10.8. The molecular weight excluding hydrogens is 598 g/mol. The predicted octanol–water partition coefficient (Wildman–Crippen LogP) is 6.32. The number of nitrogens with one attached hydrogen (secondary N) is 1. The van der Waals surface area contributed by atoms with Crippen LogP contribution in [-0.2, 0) is 9.53 Å². The molecule has 0 fully saturated rings. The largest absolute Gasteiger partial charge is 0.481 e. The molecule has 0 aliphatic carbocycles. The van der Waals surface area contributed by atoms with Crippen molar-refractivity contribution < 1.29 is 43.2 Å². The molecule has 4 rings (SSSR count). The second-order valence-electron chi connectivity index (χ2n) is 10.9. The predicted molar refractivity (Wildman–Crippen MR) is 169 cm³/mol. The molecule has 1 amide bonds. The van der Waals surface area contributed by atoms with E-state index in [1.165, 1.54) is 67.8 Å². The number of hydrogen-bond donors (Lipinski definition) is 4. The van der Waals surface area contributed by atoms with Crippen LogP contribution in [0.1, 0.15) is 59.3 Å². The second-order valence-corrected chi connectivity index (χ2v) is 10.9. The van der Waals surface area contributed by atoms with Gasteiger partial charge in [-0.1, -0.05) is 42.5 Å². The molecule has 3 aromatic carbocycles. The van der Waals surface area contributed by atoms with Crippen LogP contribution in [0, 0.1) is 11.6 Å². The first-order valence-corrected chi connectivity index (χ1v) is 14.5. The van der Waals surface area contributed by atoms with Gasteiger partial charge in [0.1, 0.15) is 17.3 Å². The number of carbonyl (C=O) groups excluding carboxylic acids is 2. The molecule has 46 heavy (non-hydrogen) atoms. The van der Waals surface area contributed by atoms with Gasteiger partial charge in [0.25, 0.3) is 5.91 Å². The van der Waals surface area contributed by atoms with Crippen molar-refractivity contribution in [3.8, 4) is 22.3 Å². The number of aliphatic hydroxyl groups excluding tert-OH is 2. The Labute approximate surface area is 264 Å². The van der Waals surface area contributed by atoms with E-state index in [9.17, 15) is 33.4 Å². The number of carboxylic acid groups (broad SMARTS) is 1. The van der Waals surface area contributed by atoms with Crippen LogP contribution >= 0.6 is 0 Å². The van der Waals surface area contributed by atoms with E-state index in [1.807, 2.05) is 13.8 Å². The maximum atomic E-state index is 14.3. The molecule has 0 bridgehead atoms. The molecule has 0 saturated carbocycles. The van der Waals surface area contributed by atoms with E-state index in [1.54, 1.807) is 28.8 Å². The van der Waals surface area contributed by atoms with Crippen molar-refractivity contribution in [3.63, 3.8) is 0 Å². The molecular formula is C35H34F2N2O7. The number of amides is 1. The summed E-state index contributed by atoms with van der Waals surface area (Å²) in [5.41, 5.74) is 2.63. The first-order valence-electron chi connectivity index (χ1n) is 14.5. The molecule has 9 nitrogen and oxygen atoms in total. The van der Waals surface area contributed by atoms with Gasteiger partial charge >= 0.3 is 11.9 Å². The zero-order valence-electron chi connectivity index (χ0n) is 25.4. The van der Waals surface area contributed by atoms with Gasteiger partial charge < -0.3 is 29.9 Å². The fraction of sp³-hybridized carbons (Fsp3) is 0.229.